The molecule has 3 aromatic carbocycles. The SMILES string of the molecule is CNC(=O)c1c(-c2ccc(F)cc2)oc2ccc(-c3cc(C(=O)NC4(c5ccccn5)CC4)c(OCC(=O)OC)cc3C)cc12. The number of amides is 2. The predicted octanol–water partition coefficient (Wildman–Crippen LogP) is 5.94. The lowest BCUT2D eigenvalue weighted by atomic mass is 9.94. The van der Waals surface area contributed by atoms with Crippen molar-refractivity contribution in [3.8, 4) is 28.2 Å². The molecule has 10 heteroatoms. The third-order valence-corrected chi connectivity index (χ3v) is 7.96. The van der Waals surface area contributed by atoms with Crippen LogP contribution in [-0.2, 0) is 15.1 Å². The first-order chi connectivity index (χ1) is 21.7. The number of hydrogen-bond donors (Lipinski definition) is 2. The lowest BCUT2D eigenvalue weighted by molar-refractivity contribution is -0.142. The van der Waals surface area contributed by atoms with E-state index in [1.165, 1.54) is 26.3 Å². The van der Waals surface area contributed by atoms with E-state index in [2.05, 4.69) is 15.6 Å². The van der Waals surface area contributed by atoms with Crippen LogP contribution in [-0.4, -0.2) is 43.5 Å². The molecule has 0 atom stereocenters. The first kappa shape index (κ1) is 29.6. The molecule has 6 rings (SSSR count). The van der Waals surface area contributed by atoms with Gasteiger partial charge in [0.05, 0.1) is 29.5 Å². The van der Waals surface area contributed by atoms with Crippen molar-refractivity contribution in [1.82, 2.24) is 15.6 Å². The van der Waals surface area contributed by atoms with Crippen molar-refractivity contribution in [2.45, 2.75) is 25.3 Å². The molecule has 228 valence electrons. The normalized spacial score (nSPS) is 13.2. The number of pyridine rings is 1. The minimum Gasteiger partial charge on any atom is -0.481 e. The van der Waals surface area contributed by atoms with E-state index in [4.69, 9.17) is 13.9 Å². The number of methoxy groups -OCH3 is 1. The number of esters is 1. The standard InChI is InChI=1S/C35H30FN3O6/c1-20-16-28(44-19-30(40)43-3)26(33(41)39-35(13-14-35)29-6-4-5-15-38-29)18-24(20)22-9-12-27-25(17-22)31(34(42)37-2)32(45-27)21-7-10-23(36)11-8-21/h4-12,15-18H,13-14,19H2,1-3H3,(H,37,42)(H,39,41). The van der Waals surface area contributed by atoms with Crippen LogP contribution in [0.2, 0.25) is 0 Å². The monoisotopic (exact) mass is 607 g/mol. The van der Waals surface area contributed by atoms with Gasteiger partial charge in [0, 0.05) is 24.2 Å². The predicted molar refractivity (Wildman–Crippen MR) is 165 cm³/mol. The molecule has 5 aromatic rings. The summed E-state index contributed by atoms with van der Waals surface area (Å²) in [6.07, 6.45) is 3.17. The van der Waals surface area contributed by atoms with Gasteiger partial charge < -0.3 is 24.5 Å². The number of carbonyl (C=O) groups excluding carboxylic acids is 3. The summed E-state index contributed by atoms with van der Waals surface area (Å²) < 4.78 is 30.2. The lowest BCUT2D eigenvalue weighted by Gasteiger charge is -2.20. The molecule has 9 nitrogen and oxygen atoms in total. The molecule has 1 fully saturated rings. The smallest absolute Gasteiger partial charge is 0.343 e. The zero-order chi connectivity index (χ0) is 31.7. The molecule has 0 aliphatic heterocycles. The average Bonchev–Trinajstić information content (AvgIpc) is 3.74. The molecule has 0 spiro atoms. The van der Waals surface area contributed by atoms with Crippen LogP contribution in [0.5, 0.6) is 5.75 Å². The molecule has 2 aromatic heterocycles. The molecule has 0 radical (unpaired) electrons. The summed E-state index contributed by atoms with van der Waals surface area (Å²) in [5.41, 5.74) is 3.94. The zero-order valence-corrected chi connectivity index (χ0v) is 24.9. The topological polar surface area (TPSA) is 120 Å². The fourth-order valence-corrected chi connectivity index (χ4v) is 5.41. The van der Waals surface area contributed by atoms with Crippen molar-refractivity contribution >= 4 is 28.8 Å². The van der Waals surface area contributed by atoms with E-state index >= 15 is 0 Å². The number of rotatable bonds is 9. The fourth-order valence-electron chi connectivity index (χ4n) is 5.41. The van der Waals surface area contributed by atoms with Gasteiger partial charge >= 0.3 is 5.97 Å². The minimum absolute atomic E-state index is 0.227. The Bertz CT molecular complexity index is 1930. The Labute approximate surface area is 258 Å². The second kappa shape index (κ2) is 11.9. The van der Waals surface area contributed by atoms with E-state index in [-0.39, 0.29) is 29.7 Å². The van der Waals surface area contributed by atoms with Gasteiger partial charge in [-0.1, -0.05) is 12.1 Å². The van der Waals surface area contributed by atoms with Crippen LogP contribution in [0.15, 0.2) is 83.4 Å². The molecule has 2 N–H and O–H groups in total. The summed E-state index contributed by atoms with van der Waals surface area (Å²) >= 11 is 0. The summed E-state index contributed by atoms with van der Waals surface area (Å²) in [5, 5.41) is 6.35. The van der Waals surface area contributed by atoms with E-state index in [9.17, 15) is 18.8 Å². The molecule has 0 unspecified atom stereocenters. The van der Waals surface area contributed by atoms with E-state index in [1.807, 2.05) is 37.3 Å². The Morgan fingerprint density at radius 3 is 2.40 bits per heavy atom. The van der Waals surface area contributed by atoms with Crippen molar-refractivity contribution in [2.24, 2.45) is 0 Å². The lowest BCUT2D eigenvalue weighted by Crippen LogP contribution is -2.35. The first-order valence-electron chi connectivity index (χ1n) is 14.4. The number of halogens is 1. The van der Waals surface area contributed by atoms with E-state index in [1.54, 1.807) is 36.5 Å². The molecule has 2 heterocycles. The highest BCUT2D eigenvalue weighted by Crippen LogP contribution is 2.45. The Balaban J connectivity index is 1.44. The van der Waals surface area contributed by atoms with Crippen LogP contribution in [0, 0.1) is 12.7 Å². The van der Waals surface area contributed by atoms with Crippen molar-refractivity contribution in [2.75, 3.05) is 20.8 Å². The molecular formula is C35H30FN3O6. The summed E-state index contributed by atoms with van der Waals surface area (Å²) in [6, 6.07) is 20.1. The number of hydrogen-bond acceptors (Lipinski definition) is 7. The van der Waals surface area contributed by atoms with Crippen LogP contribution in [0.4, 0.5) is 4.39 Å². The number of furan rings is 1. The van der Waals surface area contributed by atoms with Gasteiger partial charge in [-0.15, -0.1) is 0 Å². The quantitative estimate of drug-likeness (QED) is 0.199. The van der Waals surface area contributed by atoms with Gasteiger partial charge in [-0.3, -0.25) is 14.6 Å². The van der Waals surface area contributed by atoms with Gasteiger partial charge in [0.25, 0.3) is 11.8 Å². The number of aryl methyl sites for hydroxylation is 1. The highest BCUT2D eigenvalue weighted by molar-refractivity contribution is 6.12. The maximum atomic E-state index is 13.9. The first-order valence-corrected chi connectivity index (χ1v) is 14.4. The number of aromatic nitrogens is 1. The second-order valence-corrected chi connectivity index (χ2v) is 10.9. The Morgan fingerprint density at radius 2 is 1.73 bits per heavy atom. The number of ether oxygens (including phenoxy) is 2. The molecule has 1 saturated carbocycles. The van der Waals surface area contributed by atoms with Gasteiger partial charge in [-0.05, 0) is 97.1 Å². The number of nitrogens with one attached hydrogen (secondary N) is 2. The Morgan fingerprint density at radius 1 is 0.978 bits per heavy atom. The summed E-state index contributed by atoms with van der Waals surface area (Å²) in [5.74, 6) is -1.19. The molecule has 1 aliphatic carbocycles. The molecule has 45 heavy (non-hydrogen) atoms. The number of carbonyl (C=O) groups is 3. The highest BCUT2D eigenvalue weighted by atomic mass is 19.1. The summed E-state index contributed by atoms with van der Waals surface area (Å²) in [7, 11) is 2.79. The number of fused-ring (bicyclic) bond motifs is 1. The van der Waals surface area contributed by atoms with E-state index in [0.717, 1.165) is 29.7 Å². The van der Waals surface area contributed by atoms with E-state index < -0.39 is 17.3 Å². The Hall–Kier alpha value is -5.51. The zero-order valence-electron chi connectivity index (χ0n) is 24.9. The van der Waals surface area contributed by atoms with Gasteiger partial charge in [-0.25, -0.2) is 9.18 Å². The fraction of sp³-hybridized carbons (Fsp3) is 0.200. The maximum absolute atomic E-state index is 13.9. The molecule has 1 aliphatic rings. The summed E-state index contributed by atoms with van der Waals surface area (Å²) in [6.45, 7) is 1.49. The maximum Gasteiger partial charge on any atom is 0.343 e. The third-order valence-electron chi connectivity index (χ3n) is 7.96. The van der Waals surface area contributed by atoms with Crippen LogP contribution < -0.4 is 15.4 Å². The van der Waals surface area contributed by atoms with Crippen LogP contribution in [0.3, 0.4) is 0 Å². The number of benzene rings is 3. The van der Waals surface area contributed by atoms with Crippen LogP contribution in [0.25, 0.3) is 33.4 Å². The second-order valence-electron chi connectivity index (χ2n) is 10.9. The van der Waals surface area contributed by atoms with E-state index in [0.29, 0.717) is 33.4 Å². The van der Waals surface area contributed by atoms with Gasteiger partial charge in [0.1, 0.15) is 22.9 Å². The largest absolute Gasteiger partial charge is 0.481 e. The molecular weight excluding hydrogens is 577 g/mol. The van der Waals surface area contributed by atoms with Crippen molar-refractivity contribution in [1.29, 1.82) is 0 Å². The molecule has 0 saturated heterocycles. The van der Waals surface area contributed by atoms with Crippen molar-refractivity contribution < 1.29 is 32.7 Å². The van der Waals surface area contributed by atoms with Crippen molar-refractivity contribution in [3.05, 3.63) is 107 Å². The Kier molecular flexibility index (Phi) is 7.80. The number of nitrogens with zero attached hydrogens (tertiary/aromatic N) is 1. The highest BCUT2D eigenvalue weighted by Gasteiger charge is 2.47. The van der Waals surface area contributed by atoms with Gasteiger partial charge in [-0.2, -0.15) is 0 Å². The van der Waals surface area contributed by atoms with Crippen LogP contribution >= 0.6 is 0 Å². The molecule has 0 bridgehead atoms. The van der Waals surface area contributed by atoms with Crippen LogP contribution in [0.1, 0.15) is 44.8 Å². The van der Waals surface area contributed by atoms with Gasteiger partial charge in [0.15, 0.2) is 6.61 Å². The minimum atomic E-state index is -0.585. The third kappa shape index (κ3) is 5.74. The van der Waals surface area contributed by atoms with Gasteiger partial charge in [0.2, 0.25) is 0 Å². The molecule has 2 amide bonds. The average molecular weight is 608 g/mol. The van der Waals surface area contributed by atoms with Crippen molar-refractivity contribution in [3.63, 3.8) is 0 Å². The summed E-state index contributed by atoms with van der Waals surface area (Å²) in [4.78, 5) is 43.3.